The van der Waals surface area contributed by atoms with E-state index in [1.807, 2.05) is 24.3 Å². The van der Waals surface area contributed by atoms with Gasteiger partial charge in [-0.2, -0.15) is 0 Å². The summed E-state index contributed by atoms with van der Waals surface area (Å²) < 4.78 is 11.3. The third-order valence-corrected chi connectivity index (χ3v) is 4.09. The Balaban J connectivity index is 1.49. The number of hydrogen-bond donors (Lipinski definition) is 2. The van der Waals surface area contributed by atoms with E-state index in [-0.39, 0.29) is 25.0 Å². The first-order valence-electron chi connectivity index (χ1n) is 7.31. The van der Waals surface area contributed by atoms with Crippen LogP contribution in [-0.4, -0.2) is 18.6 Å². The van der Waals surface area contributed by atoms with Crippen LogP contribution < -0.4 is 20.1 Å². The molecule has 2 N–H and O–H groups in total. The van der Waals surface area contributed by atoms with Gasteiger partial charge < -0.3 is 20.1 Å². The fraction of sp³-hybridized carbons (Fsp3) is 0.176. The Bertz CT molecular complexity index is 779. The topological polar surface area (TPSA) is 76.7 Å². The number of para-hydroxylation sites is 1. The van der Waals surface area contributed by atoms with E-state index in [1.54, 1.807) is 18.2 Å². The first-order chi connectivity index (χ1) is 11.6. The summed E-state index contributed by atoms with van der Waals surface area (Å²) in [6.45, 7) is 0.526. The van der Waals surface area contributed by atoms with Gasteiger partial charge in [0.05, 0.1) is 5.69 Å². The summed E-state index contributed by atoms with van der Waals surface area (Å²) in [4.78, 5) is 23.8. The summed E-state index contributed by atoms with van der Waals surface area (Å²) in [5.41, 5.74) is 1.50. The lowest BCUT2D eigenvalue weighted by atomic mass is 10.2. The molecule has 6 nitrogen and oxygen atoms in total. The van der Waals surface area contributed by atoms with Gasteiger partial charge in [0.25, 0.3) is 0 Å². The molecule has 0 bridgehead atoms. The fourth-order valence-electron chi connectivity index (χ4n) is 2.22. The molecule has 1 heterocycles. The van der Waals surface area contributed by atoms with Gasteiger partial charge >= 0.3 is 0 Å². The molecule has 1 aliphatic heterocycles. The molecule has 0 saturated heterocycles. The van der Waals surface area contributed by atoms with E-state index in [9.17, 15) is 9.59 Å². The van der Waals surface area contributed by atoms with Crippen molar-refractivity contribution >= 4 is 33.4 Å². The van der Waals surface area contributed by atoms with Crippen LogP contribution >= 0.6 is 15.9 Å². The van der Waals surface area contributed by atoms with Crippen LogP contribution in [0.5, 0.6) is 11.5 Å². The van der Waals surface area contributed by atoms with Crippen LogP contribution in [0, 0.1) is 0 Å². The molecule has 0 saturated carbocycles. The summed E-state index contributed by atoms with van der Waals surface area (Å²) >= 11 is 3.34. The zero-order chi connectivity index (χ0) is 16.9. The van der Waals surface area contributed by atoms with Crippen molar-refractivity contribution in [3.05, 3.63) is 52.5 Å². The molecule has 124 valence electrons. The second-order valence-electron chi connectivity index (χ2n) is 5.17. The highest BCUT2D eigenvalue weighted by molar-refractivity contribution is 9.10. The lowest BCUT2D eigenvalue weighted by molar-refractivity contribution is -0.126. The minimum atomic E-state index is -0.370. The van der Waals surface area contributed by atoms with Crippen LogP contribution in [-0.2, 0) is 16.1 Å². The number of ether oxygens (including phenoxy) is 2. The number of fused-ring (bicyclic) bond motifs is 1. The zero-order valence-electron chi connectivity index (χ0n) is 12.7. The van der Waals surface area contributed by atoms with Gasteiger partial charge in [-0.3, -0.25) is 9.59 Å². The van der Waals surface area contributed by atoms with Gasteiger partial charge in [-0.15, -0.1) is 0 Å². The first-order valence-corrected chi connectivity index (χ1v) is 8.11. The van der Waals surface area contributed by atoms with Gasteiger partial charge in [0.1, 0.15) is 6.42 Å². The SMILES string of the molecule is O=C(CC(=O)Nc1ccccc1Br)NCc1ccc2c(c1)OCO2. The summed E-state index contributed by atoms with van der Waals surface area (Å²) in [6, 6.07) is 12.7. The van der Waals surface area contributed by atoms with E-state index >= 15 is 0 Å². The molecule has 2 aromatic carbocycles. The average Bonchev–Trinajstić information content (AvgIpc) is 3.02. The van der Waals surface area contributed by atoms with E-state index in [0.717, 1.165) is 10.0 Å². The Morgan fingerprint density at radius 1 is 1.04 bits per heavy atom. The zero-order valence-corrected chi connectivity index (χ0v) is 14.3. The smallest absolute Gasteiger partial charge is 0.233 e. The van der Waals surface area contributed by atoms with Crippen molar-refractivity contribution in [1.82, 2.24) is 5.32 Å². The molecule has 0 aliphatic carbocycles. The molecule has 2 amide bonds. The molecule has 0 radical (unpaired) electrons. The summed E-state index contributed by atoms with van der Waals surface area (Å²) in [6.07, 6.45) is -0.244. The minimum absolute atomic E-state index is 0.209. The highest BCUT2D eigenvalue weighted by atomic mass is 79.9. The van der Waals surface area contributed by atoms with E-state index in [4.69, 9.17) is 9.47 Å². The first kappa shape index (κ1) is 16.3. The molecule has 7 heteroatoms. The van der Waals surface area contributed by atoms with Crippen molar-refractivity contribution in [2.75, 3.05) is 12.1 Å². The van der Waals surface area contributed by atoms with Crippen LogP contribution in [0.2, 0.25) is 0 Å². The quantitative estimate of drug-likeness (QED) is 0.769. The van der Waals surface area contributed by atoms with E-state index in [1.165, 1.54) is 0 Å². The third kappa shape index (κ3) is 4.05. The standard InChI is InChI=1S/C17H15BrN2O4/c18-12-3-1-2-4-13(12)20-17(22)8-16(21)19-9-11-5-6-14-15(7-11)24-10-23-14/h1-7H,8-10H2,(H,19,21)(H,20,22). The molecule has 2 aromatic rings. The Hall–Kier alpha value is -2.54. The van der Waals surface area contributed by atoms with Gasteiger partial charge in [-0.25, -0.2) is 0 Å². The van der Waals surface area contributed by atoms with Crippen molar-refractivity contribution in [1.29, 1.82) is 0 Å². The van der Waals surface area contributed by atoms with Crippen molar-refractivity contribution < 1.29 is 19.1 Å². The van der Waals surface area contributed by atoms with Crippen molar-refractivity contribution in [2.45, 2.75) is 13.0 Å². The van der Waals surface area contributed by atoms with Crippen LogP contribution in [0.3, 0.4) is 0 Å². The molecular formula is C17H15BrN2O4. The summed E-state index contributed by atoms with van der Waals surface area (Å²) in [7, 11) is 0. The summed E-state index contributed by atoms with van der Waals surface area (Å²) in [5.74, 6) is 0.633. The molecule has 0 fully saturated rings. The maximum atomic E-state index is 11.9. The lowest BCUT2D eigenvalue weighted by Crippen LogP contribution is -2.27. The van der Waals surface area contributed by atoms with Crippen molar-refractivity contribution in [2.24, 2.45) is 0 Å². The average molecular weight is 391 g/mol. The van der Waals surface area contributed by atoms with E-state index in [0.29, 0.717) is 23.7 Å². The maximum Gasteiger partial charge on any atom is 0.233 e. The summed E-state index contributed by atoms with van der Waals surface area (Å²) in [5, 5.41) is 5.40. The Morgan fingerprint density at radius 3 is 2.67 bits per heavy atom. The van der Waals surface area contributed by atoms with Gasteiger partial charge in [-0.1, -0.05) is 18.2 Å². The van der Waals surface area contributed by atoms with Gasteiger partial charge in [0.15, 0.2) is 11.5 Å². The number of halogens is 1. The van der Waals surface area contributed by atoms with Crippen LogP contribution in [0.25, 0.3) is 0 Å². The van der Waals surface area contributed by atoms with Crippen molar-refractivity contribution in [3.8, 4) is 11.5 Å². The van der Waals surface area contributed by atoms with Crippen LogP contribution in [0.4, 0.5) is 5.69 Å². The predicted octanol–water partition coefficient (Wildman–Crippen LogP) is 2.82. The highest BCUT2D eigenvalue weighted by Crippen LogP contribution is 2.32. The van der Waals surface area contributed by atoms with E-state index < -0.39 is 0 Å². The van der Waals surface area contributed by atoms with Gasteiger partial charge in [-0.05, 0) is 45.8 Å². The molecule has 0 unspecified atom stereocenters. The highest BCUT2D eigenvalue weighted by Gasteiger charge is 2.14. The number of amides is 2. The number of nitrogens with one attached hydrogen (secondary N) is 2. The van der Waals surface area contributed by atoms with Gasteiger partial charge in [0, 0.05) is 11.0 Å². The molecular weight excluding hydrogens is 376 g/mol. The number of anilines is 1. The number of hydrogen-bond acceptors (Lipinski definition) is 4. The third-order valence-electron chi connectivity index (χ3n) is 3.40. The number of carbonyl (C=O) groups is 2. The minimum Gasteiger partial charge on any atom is -0.454 e. The number of rotatable bonds is 5. The maximum absolute atomic E-state index is 11.9. The fourth-order valence-corrected chi connectivity index (χ4v) is 2.60. The molecule has 3 rings (SSSR count). The molecule has 1 aliphatic rings. The second kappa shape index (κ2) is 7.35. The molecule has 0 aromatic heterocycles. The largest absolute Gasteiger partial charge is 0.454 e. The monoisotopic (exact) mass is 390 g/mol. The van der Waals surface area contributed by atoms with Crippen molar-refractivity contribution in [3.63, 3.8) is 0 Å². The Morgan fingerprint density at radius 2 is 1.83 bits per heavy atom. The normalized spacial score (nSPS) is 11.9. The Kier molecular flexibility index (Phi) is 5.00. The lowest BCUT2D eigenvalue weighted by Gasteiger charge is -2.08. The predicted molar refractivity (Wildman–Crippen MR) is 91.8 cm³/mol. The van der Waals surface area contributed by atoms with Crippen LogP contribution in [0.1, 0.15) is 12.0 Å². The molecule has 0 atom stereocenters. The van der Waals surface area contributed by atoms with Gasteiger partial charge in [0.2, 0.25) is 18.6 Å². The second-order valence-corrected chi connectivity index (χ2v) is 6.02. The molecule has 0 spiro atoms. The molecule has 24 heavy (non-hydrogen) atoms. The number of benzene rings is 2. The Labute approximate surface area is 147 Å². The number of carbonyl (C=O) groups excluding carboxylic acids is 2. The van der Waals surface area contributed by atoms with Crippen LogP contribution in [0.15, 0.2) is 46.9 Å². The van der Waals surface area contributed by atoms with E-state index in [2.05, 4.69) is 26.6 Å².